The number of benzene rings is 1. The highest BCUT2D eigenvalue weighted by Gasteiger charge is 2.04. The Hall–Kier alpha value is -1.88. The first-order valence-corrected chi connectivity index (χ1v) is 9.10. The minimum atomic E-state index is -0.332. The van der Waals surface area contributed by atoms with Crippen molar-refractivity contribution in [3.63, 3.8) is 0 Å². The molecule has 24 heavy (non-hydrogen) atoms. The summed E-state index contributed by atoms with van der Waals surface area (Å²) in [6, 6.07) is 7.19. The van der Waals surface area contributed by atoms with E-state index in [2.05, 4.69) is 17.6 Å². The van der Waals surface area contributed by atoms with E-state index >= 15 is 0 Å². The number of unbranched alkanes of at least 4 members (excludes halogenated alkanes) is 5. The van der Waals surface area contributed by atoms with Crippen LogP contribution in [0, 0.1) is 6.92 Å². The average molecular weight is 346 g/mol. The van der Waals surface area contributed by atoms with Crippen molar-refractivity contribution in [1.82, 2.24) is 5.32 Å². The zero-order chi connectivity index (χ0) is 17.4. The fraction of sp³-hybridized carbons (Fsp3) is 0.474. The van der Waals surface area contributed by atoms with E-state index in [1.54, 1.807) is 0 Å². The molecular formula is C19H26N2O2S. The highest BCUT2D eigenvalue weighted by molar-refractivity contribution is 7.80. The lowest BCUT2D eigenvalue weighted by atomic mass is 10.1. The lowest BCUT2D eigenvalue weighted by molar-refractivity contribution is 0.560. The van der Waals surface area contributed by atoms with Gasteiger partial charge in [-0.3, -0.25) is 0 Å². The molecule has 1 heterocycles. The molecule has 0 radical (unpaired) electrons. The number of nitrogens with one attached hydrogen (secondary N) is 2. The number of rotatable bonds is 8. The second-order valence-corrected chi connectivity index (χ2v) is 6.52. The van der Waals surface area contributed by atoms with Crippen LogP contribution in [-0.4, -0.2) is 11.7 Å². The topological polar surface area (TPSA) is 54.3 Å². The van der Waals surface area contributed by atoms with E-state index in [9.17, 15) is 4.79 Å². The molecule has 1 aromatic carbocycles. The molecule has 0 aliphatic heterocycles. The first kappa shape index (κ1) is 18.5. The Bertz CT molecular complexity index is 740. The summed E-state index contributed by atoms with van der Waals surface area (Å²) in [5.41, 5.74) is 1.97. The van der Waals surface area contributed by atoms with Gasteiger partial charge >= 0.3 is 5.63 Å². The van der Waals surface area contributed by atoms with E-state index in [0.717, 1.165) is 29.6 Å². The van der Waals surface area contributed by atoms with Crippen molar-refractivity contribution < 1.29 is 4.42 Å². The van der Waals surface area contributed by atoms with Gasteiger partial charge in [-0.2, -0.15) is 0 Å². The maximum atomic E-state index is 11.5. The third-order valence-electron chi connectivity index (χ3n) is 4.03. The van der Waals surface area contributed by atoms with Crippen LogP contribution < -0.4 is 16.3 Å². The number of hydrogen-bond acceptors (Lipinski definition) is 3. The molecular weight excluding hydrogens is 320 g/mol. The quantitative estimate of drug-likeness (QED) is 0.410. The maximum absolute atomic E-state index is 11.5. The molecule has 0 saturated heterocycles. The Morgan fingerprint density at radius 3 is 2.67 bits per heavy atom. The molecule has 0 aliphatic carbocycles. The number of fused-ring (bicyclic) bond motifs is 1. The average Bonchev–Trinajstić information content (AvgIpc) is 2.53. The summed E-state index contributed by atoms with van der Waals surface area (Å²) < 4.78 is 5.25. The van der Waals surface area contributed by atoms with E-state index in [0.29, 0.717) is 10.7 Å². The van der Waals surface area contributed by atoms with Gasteiger partial charge in [-0.1, -0.05) is 39.0 Å². The molecule has 0 atom stereocenters. The predicted molar refractivity (Wildman–Crippen MR) is 105 cm³/mol. The maximum Gasteiger partial charge on any atom is 0.336 e. The third-order valence-corrected chi connectivity index (χ3v) is 4.27. The summed E-state index contributed by atoms with van der Waals surface area (Å²) in [6.07, 6.45) is 7.57. The van der Waals surface area contributed by atoms with E-state index < -0.39 is 0 Å². The van der Waals surface area contributed by atoms with Gasteiger partial charge in [-0.15, -0.1) is 0 Å². The fourth-order valence-corrected chi connectivity index (χ4v) is 2.91. The second kappa shape index (κ2) is 9.42. The van der Waals surface area contributed by atoms with Gasteiger partial charge in [0.05, 0.1) is 0 Å². The highest BCUT2D eigenvalue weighted by atomic mass is 32.1. The van der Waals surface area contributed by atoms with E-state index in [4.69, 9.17) is 16.6 Å². The Labute approximate surface area is 148 Å². The van der Waals surface area contributed by atoms with Crippen molar-refractivity contribution >= 4 is 34.0 Å². The van der Waals surface area contributed by atoms with Crippen molar-refractivity contribution in [3.8, 4) is 0 Å². The number of thiocarbonyl (C=S) groups is 1. The van der Waals surface area contributed by atoms with Crippen LogP contribution in [-0.2, 0) is 0 Å². The summed E-state index contributed by atoms with van der Waals surface area (Å²) in [6.45, 7) is 5.00. The minimum Gasteiger partial charge on any atom is -0.423 e. The van der Waals surface area contributed by atoms with E-state index in [1.807, 2.05) is 25.1 Å². The molecule has 0 bridgehead atoms. The molecule has 1 aromatic heterocycles. The van der Waals surface area contributed by atoms with Gasteiger partial charge in [0.1, 0.15) is 5.58 Å². The van der Waals surface area contributed by atoms with E-state index in [-0.39, 0.29) is 5.63 Å². The van der Waals surface area contributed by atoms with Crippen LogP contribution in [0.15, 0.2) is 33.5 Å². The van der Waals surface area contributed by atoms with E-state index in [1.165, 1.54) is 38.2 Å². The Morgan fingerprint density at radius 1 is 1.12 bits per heavy atom. The van der Waals surface area contributed by atoms with Crippen LogP contribution >= 0.6 is 12.2 Å². The summed E-state index contributed by atoms with van der Waals surface area (Å²) in [7, 11) is 0. The molecule has 2 N–H and O–H groups in total. The van der Waals surface area contributed by atoms with Crippen molar-refractivity contribution in [3.05, 3.63) is 40.2 Å². The largest absolute Gasteiger partial charge is 0.423 e. The van der Waals surface area contributed by atoms with Crippen LogP contribution in [0.4, 0.5) is 5.69 Å². The molecule has 0 unspecified atom stereocenters. The molecule has 4 nitrogen and oxygen atoms in total. The van der Waals surface area contributed by atoms with Crippen LogP contribution in [0.5, 0.6) is 0 Å². The predicted octanol–water partition coefficient (Wildman–Crippen LogP) is 4.75. The zero-order valence-corrected chi connectivity index (χ0v) is 15.3. The number of anilines is 1. The van der Waals surface area contributed by atoms with Crippen LogP contribution in [0.3, 0.4) is 0 Å². The van der Waals surface area contributed by atoms with Gasteiger partial charge in [-0.25, -0.2) is 4.79 Å². The molecule has 130 valence electrons. The summed E-state index contributed by atoms with van der Waals surface area (Å²) in [5, 5.41) is 7.89. The lowest BCUT2D eigenvalue weighted by Gasteiger charge is -2.11. The van der Waals surface area contributed by atoms with Crippen LogP contribution in [0.25, 0.3) is 11.0 Å². The molecule has 0 aliphatic rings. The Kier molecular flexibility index (Phi) is 7.25. The van der Waals surface area contributed by atoms with Gasteiger partial charge in [0, 0.05) is 29.8 Å². The van der Waals surface area contributed by atoms with Crippen molar-refractivity contribution in [2.24, 2.45) is 0 Å². The fourth-order valence-electron chi connectivity index (χ4n) is 2.69. The standard InChI is InChI=1S/C19H26N2O2S/c1-3-4-5-6-7-8-11-20-19(24)21-15-9-10-16-14(2)12-18(22)23-17(16)13-15/h9-10,12-13H,3-8,11H2,1-2H3,(H2,20,21,24). The molecule has 2 aromatic rings. The summed E-state index contributed by atoms with van der Waals surface area (Å²) in [5.74, 6) is 0. The first-order chi connectivity index (χ1) is 11.6. The van der Waals surface area contributed by atoms with Gasteiger partial charge in [0.25, 0.3) is 0 Å². The number of aryl methyl sites for hydroxylation is 1. The summed E-state index contributed by atoms with van der Waals surface area (Å²) in [4.78, 5) is 11.5. The van der Waals surface area contributed by atoms with Crippen LogP contribution in [0.2, 0.25) is 0 Å². The van der Waals surface area contributed by atoms with Crippen molar-refractivity contribution in [1.29, 1.82) is 0 Å². The highest BCUT2D eigenvalue weighted by Crippen LogP contribution is 2.20. The van der Waals surface area contributed by atoms with Crippen molar-refractivity contribution in [2.45, 2.75) is 52.4 Å². The SMILES string of the molecule is CCCCCCCCNC(=S)Nc1ccc2c(C)cc(=O)oc2c1. The molecule has 0 saturated carbocycles. The van der Waals surface area contributed by atoms with Gasteiger partial charge in [0.2, 0.25) is 0 Å². The molecule has 5 heteroatoms. The van der Waals surface area contributed by atoms with Crippen LogP contribution in [0.1, 0.15) is 51.0 Å². The smallest absolute Gasteiger partial charge is 0.336 e. The normalized spacial score (nSPS) is 10.8. The molecule has 0 fully saturated rings. The van der Waals surface area contributed by atoms with Gasteiger partial charge in [0.15, 0.2) is 5.11 Å². The monoisotopic (exact) mass is 346 g/mol. The minimum absolute atomic E-state index is 0.332. The molecule has 0 amide bonds. The lowest BCUT2D eigenvalue weighted by Crippen LogP contribution is -2.29. The Morgan fingerprint density at radius 2 is 1.88 bits per heavy atom. The third kappa shape index (κ3) is 5.64. The van der Waals surface area contributed by atoms with Gasteiger partial charge < -0.3 is 15.1 Å². The zero-order valence-electron chi connectivity index (χ0n) is 14.5. The van der Waals surface area contributed by atoms with Crippen molar-refractivity contribution in [2.75, 3.05) is 11.9 Å². The molecule has 2 rings (SSSR count). The molecule has 0 spiro atoms. The second-order valence-electron chi connectivity index (χ2n) is 6.11. The number of hydrogen-bond donors (Lipinski definition) is 2. The van der Waals surface area contributed by atoms with Gasteiger partial charge in [-0.05, 0) is 43.3 Å². The first-order valence-electron chi connectivity index (χ1n) is 8.69. The summed E-state index contributed by atoms with van der Waals surface area (Å²) >= 11 is 5.32. The Balaban J connectivity index is 1.81.